The Balaban J connectivity index is 2.54. The molecule has 1 rings (SSSR count). The first-order chi connectivity index (χ1) is 6.72. The summed E-state index contributed by atoms with van der Waals surface area (Å²) in [5.74, 6) is 5.65. The Morgan fingerprint density at radius 1 is 1.50 bits per heavy atom. The van der Waals surface area contributed by atoms with Gasteiger partial charge in [-0.05, 0) is 31.0 Å². The smallest absolute Gasteiger partial charge is 0.0689 e. The molecule has 1 nitrogen and oxygen atoms in total. The average Bonchev–Trinajstić information content (AvgIpc) is 2.15. The lowest BCUT2D eigenvalue weighted by molar-refractivity contribution is 0.180. The molecule has 0 radical (unpaired) electrons. The fraction of sp³-hybridized carbons (Fsp3) is 0.333. The Kier molecular flexibility index (Phi) is 4.72. The predicted molar refractivity (Wildman–Crippen MR) is 61.9 cm³/mol. The maximum atomic E-state index is 9.61. The third kappa shape index (κ3) is 3.95. The number of aliphatic hydroxyl groups excluding tert-OH is 1. The summed E-state index contributed by atoms with van der Waals surface area (Å²) >= 11 is 3.40. The van der Waals surface area contributed by atoms with Gasteiger partial charge in [0.05, 0.1) is 6.10 Å². The van der Waals surface area contributed by atoms with Crippen molar-refractivity contribution in [3.63, 3.8) is 0 Å². The minimum absolute atomic E-state index is 0.364. The molecule has 14 heavy (non-hydrogen) atoms. The van der Waals surface area contributed by atoms with E-state index in [1.165, 1.54) is 0 Å². The van der Waals surface area contributed by atoms with Crippen LogP contribution in [0.15, 0.2) is 28.7 Å². The molecule has 1 atom stereocenters. The molecule has 0 aliphatic rings. The summed E-state index contributed by atoms with van der Waals surface area (Å²) in [6.07, 6.45) is 0.841. The first-order valence-corrected chi connectivity index (χ1v) is 5.34. The normalized spacial score (nSPS) is 11.6. The molecule has 0 saturated heterocycles. The highest BCUT2D eigenvalue weighted by Crippen LogP contribution is 2.13. The molecule has 0 heterocycles. The van der Waals surface area contributed by atoms with Gasteiger partial charge in [0.15, 0.2) is 0 Å². The van der Waals surface area contributed by atoms with E-state index in [9.17, 15) is 5.11 Å². The van der Waals surface area contributed by atoms with E-state index in [4.69, 9.17) is 0 Å². The molecule has 0 aromatic heterocycles. The van der Waals surface area contributed by atoms with Crippen LogP contribution in [-0.4, -0.2) is 11.2 Å². The topological polar surface area (TPSA) is 20.2 Å². The average molecular weight is 253 g/mol. The zero-order valence-electron chi connectivity index (χ0n) is 8.13. The van der Waals surface area contributed by atoms with Crippen molar-refractivity contribution in [2.45, 2.75) is 25.9 Å². The first-order valence-electron chi connectivity index (χ1n) is 4.54. The molecular weight excluding hydrogens is 240 g/mol. The zero-order chi connectivity index (χ0) is 10.4. The van der Waals surface area contributed by atoms with E-state index in [2.05, 4.69) is 27.8 Å². The van der Waals surface area contributed by atoms with Crippen molar-refractivity contribution >= 4 is 15.9 Å². The number of halogens is 1. The highest BCUT2D eigenvalue weighted by Gasteiger charge is 2.03. The van der Waals surface area contributed by atoms with Gasteiger partial charge in [-0.2, -0.15) is 0 Å². The van der Waals surface area contributed by atoms with Gasteiger partial charge >= 0.3 is 0 Å². The molecule has 0 spiro atoms. The second kappa shape index (κ2) is 5.85. The molecule has 1 aromatic carbocycles. The summed E-state index contributed by atoms with van der Waals surface area (Å²) in [5, 5.41) is 9.61. The Morgan fingerprint density at radius 3 is 2.93 bits per heavy atom. The SMILES string of the molecule is CC#CCC(O)Cc1cccc(Br)c1. The summed E-state index contributed by atoms with van der Waals surface area (Å²) in [5.41, 5.74) is 1.13. The number of hydrogen-bond donors (Lipinski definition) is 1. The lowest BCUT2D eigenvalue weighted by atomic mass is 10.1. The quantitative estimate of drug-likeness (QED) is 0.821. The van der Waals surface area contributed by atoms with Crippen molar-refractivity contribution in [1.29, 1.82) is 0 Å². The Morgan fingerprint density at radius 2 is 2.29 bits per heavy atom. The lowest BCUT2D eigenvalue weighted by Gasteiger charge is -2.06. The minimum Gasteiger partial charge on any atom is -0.392 e. The largest absolute Gasteiger partial charge is 0.392 e. The summed E-state index contributed by atoms with van der Waals surface area (Å²) in [6.45, 7) is 1.78. The van der Waals surface area contributed by atoms with Crippen molar-refractivity contribution in [2.75, 3.05) is 0 Å². The van der Waals surface area contributed by atoms with Crippen molar-refractivity contribution in [3.8, 4) is 11.8 Å². The predicted octanol–water partition coefficient (Wildman–Crippen LogP) is 2.77. The third-order valence-electron chi connectivity index (χ3n) is 1.87. The van der Waals surface area contributed by atoms with Crippen LogP contribution in [-0.2, 0) is 6.42 Å². The molecule has 1 aromatic rings. The maximum absolute atomic E-state index is 9.61. The van der Waals surface area contributed by atoms with Crippen LogP contribution in [0.4, 0.5) is 0 Å². The van der Waals surface area contributed by atoms with E-state index in [-0.39, 0.29) is 6.10 Å². The van der Waals surface area contributed by atoms with Gasteiger partial charge in [0, 0.05) is 10.9 Å². The molecule has 0 amide bonds. The van der Waals surface area contributed by atoms with Crippen LogP contribution in [0.25, 0.3) is 0 Å². The lowest BCUT2D eigenvalue weighted by Crippen LogP contribution is -2.08. The van der Waals surface area contributed by atoms with Gasteiger partial charge in [0.2, 0.25) is 0 Å². The van der Waals surface area contributed by atoms with Crippen LogP contribution in [0.2, 0.25) is 0 Å². The third-order valence-corrected chi connectivity index (χ3v) is 2.37. The van der Waals surface area contributed by atoms with Crippen LogP contribution < -0.4 is 0 Å². The molecule has 0 bridgehead atoms. The second-order valence-corrected chi connectivity index (χ2v) is 4.03. The summed E-state index contributed by atoms with van der Waals surface area (Å²) in [6, 6.07) is 7.97. The van der Waals surface area contributed by atoms with E-state index >= 15 is 0 Å². The molecular formula is C12H13BrO. The Bertz CT molecular complexity index is 349. The van der Waals surface area contributed by atoms with E-state index in [1.54, 1.807) is 6.92 Å². The highest BCUT2D eigenvalue weighted by molar-refractivity contribution is 9.10. The van der Waals surface area contributed by atoms with Crippen molar-refractivity contribution < 1.29 is 5.11 Å². The summed E-state index contributed by atoms with van der Waals surface area (Å²) in [4.78, 5) is 0. The molecule has 1 N–H and O–H groups in total. The molecule has 1 unspecified atom stereocenters. The summed E-state index contributed by atoms with van der Waals surface area (Å²) in [7, 11) is 0. The van der Waals surface area contributed by atoms with Gasteiger partial charge in [0.1, 0.15) is 0 Å². The van der Waals surface area contributed by atoms with E-state index in [0.29, 0.717) is 12.8 Å². The fourth-order valence-corrected chi connectivity index (χ4v) is 1.67. The van der Waals surface area contributed by atoms with Crippen molar-refractivity contribution in [3.05, 3.63) is 34.3 Å². The molecule has 74 valence electrons. The summed E-state index contributed by atoms with van der Waals surface area (Å²) < 4.78 is 1.05. The van der Waals surface area contributed by atoms with Gasteiger partial charge in [-0.1, -0.05) is 28.1 Å². The first kappa shape index (κ1) is 11.3. The number of aliphatic hydroxyl groups is 1. The monoisotopic (exact) mass is 252 g/mol. The standard InChI is InChI=1S/C12H13BrO/c1-2-3-7-12(14)9-10-5-4-6-11(13)8-10/h4-6,8,12,14H,7,9H2,1H3. The molecule has 2 heteroatoms. The van der Waals surface area contributed by atoms with Crippen LogP contribution in [0, 0.1) is 11.8 Å². The van der Waals surface area contributed by atoms with Crippen molar-refractivity contribution in [2.24, 2.45) is 0 Å². The highest BCUT2D eigenvalue weighted by atomic mass is 79.9. The molecule has 0 aliphatic carbocycles. The minimum atomic E-state index is -0.364. The maximum Gasteiger partial charge on any atom is 0.0689 e. The molecule has 0 aliphatic heterocycles. The second-order valence-electron chi connectivity index (χ2n) is 3.12. The van der Waals surface area contributed by atoms with Gasteiger partial charge in [-0.15, -0.1) is 11.8 Å². The molecule has 0 fully saturated rings. The van der Waals surface area contributed by atoms with Crippen LogP contribution >= 0.6 is 15.9 Å². The fourth-order valence-electron chi connectivity index (χ4n) is 1.23. The van der Waals surface area contributed by atoms with Gasteiger partial charge < -0.3 is 5.11 Å². The van der Waals surface area contributed by atoms with Crippen LogP contribution in [0.3, 0.4) is 0 Å². The van der Waals surface area contributed by atoms with Gasteiger partial charge in [-0.25, -0.2) is 0 Å². The Hall–Kier alpha value is -0.780. The number of benzene rings is 1. The van der Waals surface area contributed by atoms with Gasteiger partial charge in [0.25, 0.3) is 0 Å². The van der Waals surface area contributed by atoms with Crippen LogP contribution in [0.1, 0.15) is 18.9 Å². The molecule has 0 saturated carbocycles. The van der Waals surface area contributed by atoms with Crippen molar-refractivity contribution in [1.82, 2.24) is 0 Å². The van der Waals surface area contributed by atoms with E-state index in [0.717, 1.165) is 10.0 Å². The Labute approximate surface area is 93.3 Å². The van der Waals surface area contributed by atoms with E-state index < -0.39 is 0 Å². The van der Waals surface area contributed by atoms with Crippen LogP contribution in [0.5, 0.6) is 0 Å². The number of rotatable bonds is 3. The van der Waals surface area contributed by atoms with Gasteiger partial charge in [-0.3, -0.25) is 0 Å². The zero-order valence-corrected chi connectivity index (χ0v) is 9.71. The van der Waals surface area contributed by atoms with E-state index in [1.807, 2.05) is 24.3 Å². The number of hydrogen-bond acceptors (Lipinski definition) is 1.